The Morgan fingerprint density at radius 1 is 1.11 bits per heavy atom. The second-order valence-electron chi connectivity index (χ2n) is 6.87. The van der Waals surface area contributed by atoms with E-state index in [-0.39, 0.29) is 25.0 Å². The van der Waals surface area contributed by atoms with Gasteiger partial charge in [0.25, 0.3) is 0 Å². The van der Waals surface area contributed by atoms with Gasteiger partial charge in [-0.3, -0.25) is 9.59 Å². The topological polar surface area (TPSA) is 75.6 Å². The first-order chi connectivity index (χ1) is 12.9. The van der Waals surface area contributed by atoms with Crippen LogP contribution in [0.25, 0.3) is 0 Å². The first-order valence-electron chi connectivity index (χ1n) is 9.18. The molecule has 1 atom stereocenters. The molecule has 0 saturated heterocycles. The van der Waals surface area contributed by atoms with Gasteiger partial charge in [0.05, 0.1) is 12.5 Å². The zero-order valence-corrected chi connectivity index (χ0v) is 16.1. The van der Waals surface area contributed by atoms with Gasteiger partial charge >= 0.3 is 5.97 Å². The number of rotatable bonds is 9. The van der Waals surface area contributed by atoms with E-state index in [0.29, 0.717) is 17.7 Å². The predicted molar refractivity (Wildman–Crippen MR) is 105 cm³/mol. The van der Waals surface area contributed by atoms with E-state index < -0.39 is 11.4 Å². The number of benzene rings is 2. The smallest absolute Gasteiger partial charge is 0.315 e. The summed E-state index contributed by atoms with van der Waals surface area (Å²) < 4.78 is 5.65. The molecule has 0 aliphatic heterocycles. The zero-order valence-electron chi connectivity index (χ0n) is 16.1. The van der Waals surface area contributed by atoms with Gasteiger partial charge < -0.3 is 15.2 Å². The molecule has 0 aliphatic carbocycles. The Morgan fingerprint density at radius 3 is 2.41 bits per heavy atom. The van der Waals surface area contributed by atoms with Crippen molar-refractivity contribution < 1.29 is 19.4 Å². The number of carboxylic acids is 1. The summed E-state index contributed by atoms with van der Waals surface area (Å²) in [4.78, 5) is 24.4. The van der Waals surface area contributed by atoms with Crippen LogP contribution in [0.15, 0.2) is 54.6 Å². The molecule has 5 nitrogen and oxygen atoms in total. The van der Waals surface area contributed by atoms with Gasteiger partial charge in [0.15, 0.2) is 0 Å². The largest absolute Gasteiger partial charge is 0.491 e. The van der Waals surface area contributed by atoms with Crippen LogP contribution in [-0.4, -0.2) is 29.6 Å². The van der Waals surface area contributed by atoms with Gasteiger partial charge in [0.1, 0.15) is 11.2 Å². The van der Waals surface area contributed by atoms with E-state index in [1.165, 1.54) is 0 Å². The number of nitrogens with one attached hydrogen (secondary N) is 1. The van der Waals surface area contributed by atoms with Crippen LogP contribution in [0.4, 0.5) is 0 Å². The molecule has 0 aromatic heterocycles. The molecule has 0 spiro atoms. The highest BCUT2D eigenvalue weighted by Crippen LogP contribution is 2.28. The Labute approximate surface area is 160 Å². The maximum absolute atomic E-state index is 12.4. The molecule has 2 aromatic carbocycles. The highest BCUT2D eigenvalue weighted by atomic mass is 16.5. The number of carboxylic acid groups (broad SMARTS) is 1. The number of aliphatic carboxylic acids is 1. The number of hydrogen-bond acceptors (Lipinski definition) is 3. The summed E-state index contributed by atoms with van der Waals surface area (Å²) in [7, 11) is 0. The average Bonchev–Trinajstić information content (AvgIpc) is 2.63. The van der Waals surface area contributed by atoms with Crippen molar-refractivity contribution in [3.8, 4) is 5.75 Å². The number of hydrogen-bond donors (Lipinski definition) is 2. The van der Waals surface area contributed by atoms with Crippen molar-refractivity contribution in [2.75, 3.05) is 6.54 Å². The zero-order chi connectivity index (χ0) is 19.9. The van der Waals surface area contributed by atoms with Gasteiger partial charge in [-0.25, -0.2) is 0 Å². The van der Waals surface area contributed by atoms with E-state index in [1.807, 2.05) is 63.2 Å². The lowest BCUT2D eigenvalue weighted by molar-refractivity contribution is -0.144. The van der Waals surface area contributed by atoms with E-state index in [0.717, 1.165) is 5.56 Å². The van der Waals surface area contributed by atoms with Crippen LogP contribution in [0.3, 0.4) is 0 Å². The van der Waals surface area contributed by atoms with Crippen molar-refractivity contribution in [2.45, 2.75) is 45.1 Å². The lowest BCUT2D eigenvalue weighted by atomic mass is 9.78. The third-order valence-electron chi connectivity index (χ3n) is 4.56. The normalized spacial score (nSPS) is 13.0. The quantitative estimate of drug-likeness (QED) is 0.709. The Bertz CT molecular complexity index is 773. The second kappa shape index (κ2) is 9.21. The number of carbonyl (C=O) groups is 2. The molecular formula is C22H27NO4. The fourth-order valence-corrected chi connectivity index (χ4v) is 3.04. The molecule has 0 bridgehead atoms. The van der Waals surface area contributed by atoms with Crippen LogP contribution in [0.5, 0.6) is 5.75 Å². The molecule has 2 rings (SSSR count). The monoisotopic (exact) mass is 369 g/mol. The Morgan fingerprint density at radius 2 is 1.81 bits per heavy atom. The molecule has 0 radical (unpaired) electrons. The maximum Gasteiger partial charge on any atom is 0.315 e. The van der Waals surface area contributed by atoms with E-state index >= 15 is 0 Å². The minimum atomic E-state index is -1.14. The highest BCUT2D eigenvalue weighted by molar-refractivity contribution is 5.84. The van der Waals surface area contributed by atoms with Gasteiger partial charge in [0.2, 0.25) is 5.91 Å². The van der Waals surface area contributed by atoms with Crippen LogP contribution in [-0.2, 0) is 21.4 Å². The first-order valence-corrected chi connectivity index (χ1v) is 9.18. The third-order valence-corrected chi connectivity index (χ3v) is 4.56. The maximum atomic E-state index is 12.4. The minimum Gasteiger partial charge on any atom is -0.491 e. The summed E-state index contributed by atoms with van der Waals surface area (Å²) >= 11 is 0. The molecule has 0 aliphatic rings. The van der Waals surface area contributed by atoms with Crippen LogP contribution in [0, 0.1) is 0 Å². The summed E-state index contributed by atoms with van der Waals surface area (Å²) in [6.07, 6.45) is 0.606. The van der Waals surface area contributed by atoms with Gasteiger partial charge in [-0.15, -0.1) is 0 Å². The van der Waals surface area contributed by atoms with Crippen LogP contribution < -0.4 is 10.1 Å². The van der Waals surface area contributed by atoms with Crippen molar-refractivity contribution in [3.63, 3.8) is 0 Å². The number of amides is 1. The van der Waals surface area contributed by atoms with E-state index in [4.69, 9.17) is 4.74 Å². The molecular weight excluding hydrogens is 342 g/mol. The molecule has 1 amide bonds. The standard InChI is InChI=1S/C22H27NO4/c1-4-22(21(25)26,18-10-6-5-7-11-18)15-23-20(24)14-17-9-8-12-19(13-17)27-16(2)3/h5-13,16H,4,14-15H2,1-3H3,(H,23,24)(H,25,26). The SMILES string of the molecule is CCC(CNC(=O)Cc1cccc(OC(C)C)c1)(C(=O)O)c1ccccc1. The molecule has 5 heteroatoms. The molecule has 0 heterocycles. The summed E-state index contributed by atoms with van der Waals surface area (Å²) in [6, 6.07) is 16.4. The number of carbonyl (C=O) groups excluding carboxylic acids is 1. The molecule has 27 heavy (non-hydrogen) atoms. The third kappa shape index (κ3) is 5.33. The van der Waals surface area contributed by atoms with Gasteiger partial charge in [-0.1, -0.05) is 49.4 Å². The van der Waals surface area contributed by atoms with E-state index in [2.05, 4.69) is 5.32 Å². The summed E-state index contributed by atoms with van der Waals surface area (Å²) in [6.45, 7) is 5.75. The van der Waals surface area contributed by atoms with Crippen molar-refractivity contribution in [2.24, 2.45) is 0 Å². The van der Waals surface area contributed by atoms with Gasteiger partial charge in [-0.2, -0.15) is 0 Å². The van der Waals surface area contributed by atoms with Crippen molar-refractivity contribution in [1.82, 2.24) is 5.32 Å². The first kappa shape index (κ1) is 20.5. The van der Waals surface area contributed by atoms with Gasteiger partial charge in [0, 0.05) is 6.54 Å². The molecule has 144 valence electrons. The Balaban J connectivity index is 2.07. The molecule has 0 saturated carbocycles. The highest BCUT2D eigenvalue weighted by Gasteiger charge is 2.38. The predicted octanol–water partition coefficient (Wildman–Crippen LogP) is 3.57. The molecule has 2 N–H and O–H groups in total. The van der Waals surface area contributed by atoms with Crippen LogP contribution >= 0.6 is 0 Å². The molecule has 2 aromatic rings. The Hall–Kier alpha value is -2.82. The van der Waals surface area contributed by atoms with E-state index in [1.54, 1.807) is 12.1 Å². The fourth-order valence-electron chi connectivity index (χ4n) is 3.04. The van der Waals surface area contributed by atoms with Crippen molar-refractivity contribution in [3.05, 3.63) is 65.7 Å². The minimum absolute atomic E-state index is 0.0455. The van der Waals surface area contributed by atoms with E-state index in [9.17, 15) is 14.7 Å². The second-order valence-corrected chi connectivity index (χ2v) is 6.87. The van der Waals surface area contributed by atoms with Crippen molar-refractivity contribution in [1.29, 1.82) is 0 Å². The van der Waals surface area contributed by atoms with Crippen LogP contribution in [0.1, 0.15) is 38.3 Å². The van der Waals surface area contributed by atoms with Crippen LogP contribution in [0.2, 0.25) is 0 Å². The average molecular weight is 369 g/mol. The summed E-state index contributed by atoms with van der Waals surface area (Å²) in [5.74, 6) is -0.441. The Kier molecular flexibility index (Phi) is 6.99. The molecule has 1 unspecified atom stereocenters. The molecule has 0 fully saturated rings. The summed E-state index contributed by atoms with van der Waals surface area (Å²) in [5.41, 5.74) is 0.370. The lowest BCUT2D eigenvalue weighted by Crippen LogP contribution is -2.46. The van der Waals surface area contributed by atoms with Gasteiger partial charge in [-0.05, 0) is 43.5 Å². The van der Waals surface area contributed by atoms with Crippen molar-refractivity contribution >= 4 is 11.9 Å². The fraction of sp³-hybridized carbons (Fsp3) is 0.364. The number of ether oxygens (including phenoxy) is 1. The lowest BCUT2D eigenvalue weighted by Gasteiger charge is -2.29. The summed E-state index contributed by atoms with van der Waals surface area (Å²) in [5, 5.41) is 12.6.